The number of anilines is 1. The van der Waals surface area contributed by atoms with Crippen LogP contribution in [0.3, 0.4) is 0 Å². The number of nitrogens with one attached hydrogen (secondary N) is 1. The fourth-order valence-corrected chi connectivity index (χ4v) is 2.95. The van der Waals surface area contributed by atoms with Gasteiger partial charge in [0, 0.05) is 17.8 Å². The molecule has 1 N–H and O–H groups in total. The Balaban J connectivity index is 1.59. The van der Waals surface area contributed by atoms with Crippen LogP contribution in [0.2, 0.25) is 0 Å². The minimum atomic E-state index is -0.477. The molecule has 1 atom stereocenters. The maximum absolute atomic E-state index is 12.4. The molecule has 2 aromatic carbocycles. The molecule has 0 fully saturated rings. The summed E-state index contributed by atoms with van der Waals surface area (Å²) in [6.45, 7) is 6.23. The molecule has 1 unspecified atom stereocenters. The molecule has 7 heteroatoms. The predicted molar refractivity (Wildman–Crippen MR) is 114 cm³/mol. The number of non-ortho nitro benzene ring substituents is 1. The molecule has 7 nitrogen and oxygen atoms in total. The number of hydrogen-bond acceptors (Lipinski definition) is 5. The van der Waals surface area contributed by atoms with E-state index in [1.54, 1.807) is 19.1 Å². The zero-order chi connectivity index (χ0) is 21.7. The first-order valence-electron chi connectivity index (χ1n) is 9.75. The number of nitro benzene ring substituents is 1. The van der Waals surface area contributed by atoms with E-state index in [2.05, 4.69) is 31.3 Å². The van der Waals surface area contributed by atoms with Crippen molar-refractivity contribution in [2.75, 3.05) is 5.32 Å². The quantitative estimate of drug-likeness (QED) is 0.373. The summed E-state index contributed by atoms with van der Waals surface area (Å²) in [5.74, 6) is 1.46. The van der Waals surface area contributed by atoms with Crippen molar-refractivity contribution >= 4 is 17.3 Å². The number of carbonyl (C=O) groups is 1. The highest BCUT2D eigenvalue weighted by molar-refractivity contribution is 6.02. The van der Waals surface area contributed by atoms with E-state index in [0.29, 0.717) is 22.9 Å². The van der Waals surface area contributed by atoms with Crippen LogP contribution < -0.4 is 10.1 Å². The summed E-state index contributed by atoms with van der Waals surface area (Å²) in [5, 5.41) is 13.5. The largest absolute Gasteiger partial charge is 0.486 e. The summed E-state index contributed by atoms with van der Waals surface area (Å²) in [7, 11) is 0. The van der Waals surface area contributed by atoms with Gasteiger partial charge in [-0.1, -0.05) is 26.0 Å². The number of carbonyl (C=O) groups excluding carboxylic acids is 1. The minimum Gasteiger partial charge on any atom is -0.486 e. The van der Waals surface area contributed by atoms with Crippen molar-refractivity contribution in [3.63, 3.8) is 0 Å². The SMILES string of the molecule is CCC(C)c1ccc(OCc2ccc(C(=O)Nc3ccc([N+](=O)[O-])cc3C)o2)cc1. The van der Waals surface area contributed by atoms with Crippen LogP contribution in [0.15, 0.2) is 59.0 Å². The van der Waals surface area contributed by atoms with Gasteiger partial charge in [0.2, 0.25) is 0 Å². The van der Waals surface area contributed by atoms with Crippen LogP contribution in [0.1, 0.15) is 53.6 Å². The first-order valence-corrected chi connectivity index (χ1v) is 9.75. The lowest BCUT2D eigenvalue weighted by atomic mass is 9.99. The highest BCUT2D eigenvalue weighted by Gasteiger charge is 2.15. The second-order valence-electron chi connectivity index (χ2n) is 7.14. The van der Waals surface area contributed by atoms with Gasteiger partial charge in [0.05, 0.1) is 4.92 Å². The standard InChI is InChI=1S/C23H24N2O5/c1-4-15(2)17-5-8-19(9-6-17)29-14-20-10-12-22(30-20)23(26)24-21-11-7-18(25(27)28)13-16(21)3/h5-13,15H,4,14H2,1-3H3,(H,24,26). The van der Waals surface area contributed by atoms with Crippen LogP contribution >= 0.6 is 0 Å². The Labute approximate surface area is 174 Å². The third kappa shape index (κ3) is 5.05. The highest BCUT2D eigenvalue weighted by Crippen LogP contribution is 2.24. The molecule has 0 spiro atoms. The zero-order valence-corrected chi connectivity index (χ0v) is 17.2. The Bertz CT molecular complexity index is 1040. The number of ether oxygens (including phenoxy) is 1. The van der Waals surface area contributed by atoms with Crippen LogP contribution in [0.4, 0.5) is 11.4 Å². The smallest absolute Gasteiger partial charge is 0.291 e. The molecule has 0 radical (unpaired) electrons. The molecule has 30 heavy (non-hydrogen) atoms. The van der Waals surface area contributed by atoms with Crippen molar-refractivity contribution in [1.82, 2.24) is 0 Å². The summed E-state index contributed by atoms with van der Waals surface area (Å²) in [5.41, 5.74) is 2.32. The summed E-state index contributed by atoms with van der Waals surface area (Å²) >= 11 is 0. The van der Waals surface area contributed by atoms with Crippen LogP contribution in [0, 0.1) is 17.0 Å². The molecule has 156 valence electrons. The van der Waals surface area contributed by atoms with Crippen molar-refractivity contribution in [3.8, 4) is 5.75 Å². The Kier molecular flexibility index (Phi) is 6.51. The van der Waals surface area contributed by atoms with E-state index < -0.39 is 10.8 Å². The molecule has 1 aromatic heterocycles. The average Bonchev–Trinajstić information content (AvgIpc) is 3.22. The van der Waals surface area contributed by atoms with E-state index in [1.165, 1.54) is 23.8 Å². The van der Waals surface area contributed by atoms with Crippen molar-refractivity contribution < 1.29 is 18.9 Å². The molecule has 0 bridgehead atoms. The molecule has 0 saturated carbocycles. The van der Waals surface area contributed by atoms with Crippen molar-refractivity contribution in [1.29, 1.82) is 0 Å². The van der Waals surface area contributed by atoms with Gasteiger partial charge < -0.3 is 14.5 Å². The number of benzene rings is 2. The Morgan fingerprint density at radius 1 is 1.17 bits per heavy atom. The lowest BCUT2D eigenvalue weighted by molar-refractivity contribution is -0.384. The van der Waals surface area contributed by atoms with Crippen molar-refractivity contribution in [2.24, 2.45) is 0 Å². The topological polar surface area (TPSA) is 94.6 Å². The molecule has 0 aliphatic rings. The van der Waals surface area contributed by atoms with Gasteiger partial charge in [0.25, 0.3) is 11.6 Å². The zero-order valence-electron chi connectivity index (χ0n) is 17.2. The maximum Gasteiger partial charge on any atom is 0.291 e. The molecule has 1 amide bonds. The fraction of sp³-hybridized carbons (Fsp3) is 0.261. The van der Waals surface area contributed by atoms with E-state index in [1.807, 2.05) is 12.1 Å². The first-order chi connectivity index (χ1) is 14.4. The Hall–Kier alpha value is -3.61. The number of amides is 1. The normalized spacial score (nSPS) is 11.7. The second-order valence-corrected chi connectivity index (χ2v) is 7.14. The van der Waals surface area contributed by atoms with Gasteiger partial charge in [0.1, 0.15) is 18.1 Å². The van der Waals surface area contributed by atoms with Crippen LogP contribution in [0.5, 0.6) is 5.75 Å². The third-order valence-corrected chi connectivity index (χ3v) is 5.00. The molecule has 0 aliphatic carbocycles. The second kappa shape index (κ2) is 9.26. The molecule has 0 saturated heterocycles. The minimum absolute atomic E-state index is 0.0277. The van der Waals surface area contributed by atoms with Gasteiger partial charge in [-0.05, 0) is 60.7 Å². The number of hydrogen-bond donors (Lipinski definition) is 1. The van der Waals surface area contributed by atoms with E-state index >= 15 is 0 Å². The van der Waals surface area contributed by atoms with Crippen LogP contribution in [-0.2, 0) is 6.61 Å². The molecule has 3 aromatic rings. The van der Waals surface area contributed by atoms with Crippen molar-refractivity contribution in [2.45, 2.75) is 39.7 Å². The van der Waals surface area contributed by atoms with Crippen LogP contribution in [0.25, 0.3) is 0 Å². The van der Waals surface area contributed by atoms with E-state index in [0.717, 1.165) is 12.2 Å². The molecule has 1 heterocycles. The monoisotopic (exact) mass is 408 g/mol. The number of rotatable bonds is 8. The molecule has 0 aliphatic heterocycles. The molecule has 3 rings (SSSR count). The van der Waals surface area contributed by atoms with E-state index in [-0.39, 0.29) is 18.1 Å². The van der Waals surface area contributed by atoms with Crippen LogP contribution in [-0.4, -0.2) is 10.8 Å². The average molecular weight is 408 g/mol. The number of nitrogens with zero attached hydrogens (tertiary/aromatic N) is 1. The van der Waals surface area contributed by atoms with Gasteiger partial charge >= 0.3 is 0 Å². The summed E-state index contributed by atoms with van der Waals surface area (Å²) in [6.07, 6.45) is 1.08. The van der Waals surface area contributed by atoms with Crippen molar-refractivity contribution in [3.05, 3.63) is 87.4 Å². The summed E-state index contributed by atoms with van der Waals surface area (Å²) in [6, 6.07) is 15.5. The van der Waals surface area contributed by atoms with Gasteiger partial charge in [-0.25, -0.2) is 0 Å². The number of aryl methyl sites for hydroxylation is 1. The molecular weight excluding hydrogens is 384 g/mol. The maximum atomic E-state index is 12.4. The highest BCUT2D eigenvalue weighted by atomic mass is 16.6. The first kappa shape index (κ1) is 21.1. The number of nitro groups is 1. The number of furan rings is 1. The van der Waals surface area contributed by atoms with E-state index in [9.17, 15) is 14.9 Å². The van der Waals surface area contributed by atoms with E-state index in [4.69, 9.17) is 9.15 Å². The van der Waals surface area contributed by atoms with Gasteiger partial charge in [-0.15, -0.1) is 0 Å². The van der Waals surface area contributed by atoms with Gasteiger partial charge in [-0.3, -0.25) is 14.9 Å². The fourth-order valence-electron chi connectivity index (χ4n) is 2.95. The Morgan fingerprint density at radius 3 is 2.53 bits per heavy atom. The van der Waals surface area contributed by atoms with Gasteiger partial charge in [0.15, 0.2) is 5.76 Å². The predicted octanol–water partition coefficient (Wildman–Crippen LogP) is 5.84. The third-order valence-electron chi connectivity index (χ3n) is 5.00. The lowest BCUT2D eigenvalue weighted by Gasteiger charge is -2.10. The Morgan fingerprint density at radius 2 is 1.90 bits per heavy atom. The summed E-state index contributed by atoms with van der Waals surface area (Å²) in [4.78, 5) is 22.8. The van der Waals surface area contributed by atoms with Gasteiger partial charge in [-0.2, -0.15) is 0 Å². The summed E-state index contributed by atoms with van der Waals surface area (Å²) < 4.78 is 11.3. The molecular formula is C23H24N2O5. The lowest BCUT2D eigenvalue weighted by Crippen LogP contribution is -2.12.